The maximum absolute atomic E-state index is 12.3. The number of methoxy groups -OCH3 is 1. The zero-order chi connectivity index (χ0) is 14.9. The Hall–Kier alpha value is -1.44. The number of hydrogen-bond donors (Lipinski definition) is 1. The second-order valence-electron chi connectivity index (χ2n) is 4.92. The number of nitrogens with zero attached hydrogens (tertiary/aromatic N) is 1. The molecule has 1 heterocycles. The molecule has 0 aromatic heterocycles. The molecule has 1 unspecified atom stereocenters. The van der Waals surface area contributed by atoms with Crippen LogP contribution in [0.3, 0.4) is 0 Å². The molecule has 110 valence electrons. The summed E-state index contributed by atoms with van der Waals surface area (Å²) in [7, 11) is -2.21. The topological polar surface area (TPSA) is 89.7 Å². The number of carbonyl (C=O) groups is 1. The van der Waals surface area contributed by atoms with E-state index < -0.39 is 10.0 Å². The summed E-state index contributed by atoms with van der Waals surface area (Å²) in [5, 5.41) is 5.15. The number of likely N-dealkylation sites (tertiary alicyclic amines) is 1. The predicted octanol–water partition coefficient (Wildman–Crippen LogP) is 0.503. The Kier molecular flexibility index (Phi) is 4.12. The van der Waals surface area contributed by atoms with Gasteiger partial charge in [-0.2, -0.15) is 0 Å². The van der Waals surface area contributed by atoms with Crippen LogP contribution in [0.15, 0.2) is 23.1 Å². The number of benzene rings is 1. The highest BCUT2D eigenvalue weighted by Gasteiger charge is 2.27. The van der Waals surface area contributed by atoms with E-state index in [1.54, 1.807) is 31.1 Å². The van der Waals surface area contributed by atoms with Crippen LogP contribution in [0, 0.1) is 6.92 Å². The van der Waals surface area contributed by atoms with Crippen molar-refractivity contribution in [1.82, 2.24) is 4.90 Å². The molecule has 0 radical (unpaired) electrons. The molecule has 0 spiro atoms. The second kappa shape index (κ2) is 5.51. The van der Waals surface area contributed by atoms with Gasteiger partial charge in [-0.25, -0.2) is 13.6 Å². The average molecular weight is 298 g/mol. The lowest BCUT2D eigenvalue weighted by atomic mass is 10.1. The first kappa shape index (κ1) is 15.0. The number of carbonyl (C=O) groups excluding carboxylic acids is 1. The van der Waals surface area contributed by atoms with E-state index in [0.29, 0.717) is 24.2 Å². The summed E-state index contributed by atoms with van der Waals surface area (Å²) >= 11 is 0. The van der Waals surface area contributed by atoms with Gasteiger partial charge in [-0.05, 0) is 31.0 Å². The first-order valence-electron chi connectivity index (χ1n) is 6.28. The Labute approximate surface area is 118 Å². The lowest BCUT2D eigenvalue weighted by Gasteiger charge is -2.17. The molecule has 2 N–H and O–H groups in total. The van der Waals surface area contributed by atoms with Gasteiger partial charge in [0.2, 0.25) is 10.0 Å². The molecule has 2 rings (SSSR count). The quantitative estimate of drug-likeness (QED) is 0.880. The lowest BCUT2D eigenvalue weighted by Crippen LogP contribution is -2.30. The third-order valence-corrected chi connectivity index (χ3v) is 4.56. The molecule has 1 saturated heterocycles. The Morgan fingerprint density at radius 2 is 2.15 bits per heavy atom. The highest BCUT2D eigenvalue weighted by molar-refractivity contribution is 7.89. The zero-order valence-corrected chi connectivity index (χ0v) is 12.3. The first-order chi connectivity index (χ1) is 9.32. The van der Waals surface area contributed by atoms with Gasteiger partial charge < -0.3 is 9.64 Å². The first-order valence-corrected chi connectivity index (χ1v) is 7.83. The van der Waals surface area contributed by atoms with E-state index in [1.807, 2.05) is 0 Å². The zero-order valence-electron chi connectivity index (χ0n) is 11.5. The molecule has 1 fully saturated rings. The summed E-state index contributed by atoms with van der Waals surface area (Å²) < 4.78 is 28.2. The highest BCUT2D eigenvalue weighted by atomic mass is 32.2. The van der Waals surface area contributed by atoms with Gasteiger partial charge in [0.05, 0.1) is 11.0 Å². The van der Waals surface area contributed by atoms with Crippen molar-refractivity contribution in [2.75, 3.05) is 20.2 Å². The van der Waals surface area contributed by atoms with Crippen molar-refractivity contribution in [3.05, 3.63) is 29.3 Å². The SMILES string of the molecule is COC1CCN(C(=O)c2ccc(C)c(S(N)(=O)=O)c2)C1. The molecule has 0 bridgehead atoms. The maximum atomic E-state index is 12.3. The number of aryl methyl sites for hydroxylation is 1. The van der Waals surface area contributed by atoms with Crippen LogP contribution in [-0.4, -0.2) is 45.5 Å². The van der Waals surface area contributed by atoms with Gasteiger partial charge in [-0.3, -0.25) is 4.79 Å². The minimum absolute atomic E-state index is 0.00848. The molecule has 0 aliphatic carbocycles. The fourth-order valence-corrected chi connectivity index (χ4v) is 3.14. The molecule has 6 nitrogen and oxygen atoms in total. The normalized spacial score (nSPS) is 19.4. The number of nitrogens with two attached hydrogens (primary N) is 1. The van der Waals surface area contributed by atoms with E-state index in [0.717, 1.165) is 6.42 Å². The summed E-state index contributed by atoms with van der Waals surface area (Å²) in [6.07, 6.45) is 0.831. The average Bonchev–Trinajstić information content (AvgIpc) is 2.86. The van der Waals surface area contributed by atoms with Gasteiger partial charge in [0.1, 0.15) is 0 Å². The van der Waals surface area contributed by atoms with Gasteiger partial charge in [0.25, 0.3) is 5.91 Å². The van der Waals surface area contributed by atoms with Crippen LogP contribution >= 0.6 is 0 Å². The lowest BCUT2D eigenvalue weighted by molar-refractivity contribution is 0.0724. The molecule has 20 heavy (non-hydrogen) atoms. The van der Waals surface area contributed by atoms with Crippen molar-refractivity contribution in [3.8, 4) is 0 Å². The largest absolute Gasteiger partial charge is 0.380 e. The van der Waals surface area contributed by atoms with Crippen LogP contribution in [0.25, 0.3) is 0 Å². The van der Waals surface area contributed by atoms with E-state index in [-0.39, 0.29) is 16.9 Å². The number of sulfonamides is 1. The van der Waals surface area contributed by atoms with Crippen molar-refractivity contribution in [2.45, 2.75) is 24.3 Å². The fraction of sp³-hybridized carbons (Fsp3) is 0.462. The second-order valence-corrected chi connectivity index (χ2v) is 6.45. The molecule has 0 saturated carbocycles. The Morgan fingerprint density at radius 1 is 1.45 bits per heavy atom. The summed E-state index contributed by atoms with van der Waals surface area (Å²) in [5.74, 6) is -0.200. The monoisotopic (exact) mass is 298 g/mol. The van der Waals surface area contributed by atoms with Crippen LogP contribution in [-0.2, 0) is 14.8 Å². The van der Waals surface area contributed by atoms with Gasteiger partial charge in [0.15, 0.2) is 0 Å². The van der Waals surface area contributed by atoms with E-state index in [4.69, 9.17) is 9.88 Å². The van der Waals surface area contributed by atoms with Crippen molar-refractivity contribution >= 4 is 15.9 Å². The summed E-state index contributed by atoms with van der Waals surface area (Å²) in [5.41, 5.74) is 0.858. The number of rotatable bonds is 3. The van der Waals surface area contributed by atoms with Crippen molar-refractivity contribution in [3.63, 3.8) is 0 Å². The minimum atomic E-state index is -3.82. The van der Waals surface area contributed by atoms with Crippen molar-refractivity contribution in [2.24, 2.45) is 5.14 Å². The number of primary sulfonamides is 1. The molecular weight excluding hydrogens is 280 g/mol. The molecule has 1 aliphatic rings. The molecule has 1 aromatic rings. The summed E-state index contributed by atoms with van der Waals surface area (Å²) in [6.45, 7) is 2.77. The van der Waals surface area contributed by atoms with Crippen molar-refractivity contribution in [1.29, 1.82) is 0 Å². The molecule has 1 amide bonds. The van der Waals surface area contributed by atoms with E-state index in [2.05, 4.69) is 0 Å². The van der Waals surface area contributed by atoms with Gasteiger partial charge in [-0.1, -0.05) is 6.07 Å². The smallest absolute Gasteiger partial charge is 0.253 e. The van der Waals surface area contributed by atoms with Crippen LogP contribution < -0.4 is 5.14 Å². The predicted molar refractivity (Wildman–Crippen MR) is 73.9 cm³/mol. The third kappa shape index (κ3) is 3.00. The summed E-state index contributed by atoms with van der Waals surface area (Å²) in [4.78, 5) is 14.0. The van der Waals surface area contributed by atoms with E-state index in [1.165, 1.54) is 6.07 Å². The number of ether oxygens (including phenoxy) is 1. The number of hydrogen-bond acceptors (Lipinski definition) is 4. The van der Waals surface area contributed by atoms with Crippen LogP contribution in [0.2, 0.25) is 0 Å². The Morgan fingerprint density at radius 3 is 2.70 bits per heavy atom. The minimum Gasteiger partial charge on any atom is -0.380 e. The summed E-state index contributed by atoms with van der Waals surface area (Å²) in [6, 6.07) is 4.55. The Bertz CT molecular complexity index is 627. The molecular formula is C13H18N2O4S. The maximum Gasteiger partial charge on any atom is 0.253 e. The Balaban J connectivity index is 2.28. The van der Waals surface area contributed by atoms with E-state index >= 15 is 0 Å². The van der Waals surface area contributed by atoms with E-state index in [9.17, 15) is 13.2 Å². The number of amides is 1. The third-order valence-electron chi connectivity index (χ3n) is 3.51. The van der Waals surface area contributed by atoms with Gasteiger partial charge in [-0.15, -0.1) is 0 Å². The van der Waals surface area contributed by atoms with Crippen LogP contribution in [0.4, 0.5) is 0 Å². The fourth-order valence-electron chi connectivity index (χ4n) is 2.33. The van der Waals surface area contributed by atoms with Crippen molar-refractivity contribution < 1.29 is 17.9 Å². The van der Waals surface area contributed by atoms with Gasteiger partial charge in [0, 0.05) is 25.8 Å². The van der Waals surface area contributed by atoms with Gasteiger partial charge >= 0.3 is 0 Å². The van der Waals surface area contributed by atoms with Crippen LogP contribution in [0.5, 0.6) is 0 Å². The molecule has 7 heteroatoms. The molecule has 1 atom stereocenters. The molecule has 1 aromatic carbocycles. The molecule has 1 aliphatic heterocycles. The standard InChI is InChI=1S/C13H18N2O4S/c1-9-3-4-10(7-12(9)20(14,17)18)13(16)15-6-5-11(8-15)19-2/h3-4,7,11H,5-6,8H2,1-2H3,(H2,14,17,18). The van der Waals surface area contributed by atoms with Crippen LogP contribution in [0.1, 0.15) is 22.3 Å². The highest BCUT2D eigenvalue weighted by Crippen LogP contribution is 2.19.